The number of nitrogens with zero attached hydrogens (tertiary/aromatic N) is 1. The Kier molecular flexibility index (Phi) is 4.16. The van der Waals surface area contributed by atoms with E-state index in [-0.39, 0.29) is 17.7 Å². The second-order valence-corrected chi connectivity index (χ2v) is 6.90. The third-order valence-electron chi connectivity index (χ3n) is 4.48. The van der Waals surface area contributed by atoms with Crippen LogP contribution in [0, 0.1) is 11.8 Å². The number of likely N-dealkylation sites (tertiary alicyclic amines) is 1. The maximum Gasteiger partial charge on any atom is 0.306 e. The number of amides is 1. The van der Waals surface area contributed by atoms with Crippen LogP contribution >= 0.6 is 11.3 Å². The molecule has 1 fully saturated rings. The standard InChI is InChI=1S/C17H19NO3S/c1-11-9-18(7-6-13(11)17(20)21)16(19)8-12-10-22-15-5-3-2-4-14(12)15/h2-5,10-11,13H,6-9H2,1H3,(H,20,21). The van der Waals surface area contributed by atoms with Crippen LogP contribution in [0.5, 0.6) is 0 Å². The van der Waals surface area contributed by atoms with Crippen LogP contribution in [0.25, 0.3) is 10.1 Å². The molecule has 1 aromatic heterocycles. The summed E-state index contributed by atoms with van der Waals surface area (Å²) in [5.74, 6) is -0.969. The van der Waals surface area contributed by atoms with Gasteiger partial charge in [0.05, 0.1) is 12.3 Å². The molecule has 1 aliphatic rings. The lowest BCUT2D eigenvalue weighted by atomic mass is 9.87. The van der Waals surface area contributed by atoms with Crippen LogP contribution in [0.2, 0.25) is 0 Å². The summed E-state index contributed by atoms with van der Waals surface area (Å²) in [6, 6.07) is 8.11. The zero-order valence-electron chi connectivity index (χ0n) is 12.5. The Hall–Kier alpha value is -1.88. The van der Waals surface area contributed by atoms with E-state index in [1.54, 1.807) is 11.3 Å². The van der Waals surface area contributed by atoms with Crippen molar-refractivity contribution < 1.29 is 14.7 Å². The first-order chi connectivity index (χ1) is 10.6. The molecule has 5 heteroatoms. The van der Waals surface area contributed by atoms with Gasteiger partial charge in [0.15, 0.2) is 0 Å². The number of aliphatic carboxylic acids is 1. The fourth-order valence-corrected chi connectivity index (χ4v) is 4.15. The number of carbonyl (C=O) groups excluding carboxylic acids is 1. The van der Waals surface area contributed by atoms with Crippen molar-refractivity contribution in [2.45, 2.75) is 19.8 Å². The van der Waals surface area contributed by atoms with Gasteiger partial charge in [-0.3, -0.25) is 9.59 Å². The summed E-state index contributed by atoms with van der Waals surface area (Å²) in [6.07, 6.45) is 0.946. The monoisotopic (exact) mass is 317 g/mol. The fraction of sp³-hybridized carbons (Fsp3) is 0.412. The van der Waals surface area contributed by atoms with E-state index in [1.165, 1.54) is 4.70 Å². The van der Waals surface area contributed by atoms with Crippen molar-refractivity contribution in [1.82, 2.24) is 4.90 Å². The van der Waals surface area contributed by atoms with Crippen LogP contribution in [0.15, 0.2) is 29.6 Å². The lowest BCUT2D eigenvalue weighted by Gasteiger charge is -2.35. The molecule has 0 spiro atoms. The molecule has 1 amide bonds. The van der Waals surface area contributed by atoms with Gasteiger partial charge in [-0.05, 0) is 34.7 Å². The molecule has 3 rings (SSSR count). The number of carbonyl (C=O) groups is 2. The van der Waals surface area contributed by atoms with E-state index < -0.39 is 5.97 Å². The maximum atomic E-state index is 12.5. The van der Waals surface area contributed by atoms with Crippen molar-refractivity contribution in [3.8, 4) is 0 Å². The highest BCUT2D eigenvalue weighted by Gasteiger charge is 2.32. The van der Waals surface area contributed by atoms with E-state index in [4.69, 9.17) is 5.11 Å². The molecule has 22 heavy (non-hydrogen) atoms. The molecule has 0 saturated carbocycles. The average Bonchev–Trinajstić information content (AvgIpc) is 2.90. The third-order valence-corrected chi connectivity index (χ3v) is 5.49. The molecular formula is C17H19NO3S. The minimum absolute atomic E-state index is 0.00872. The molecule has 0 radical (unpaired) electrons. The van der Waals surface area contributed by atoms with Crippen molar-refractivity contribution in [3.63, 3.8) is 0 Å². The molecule has 2 aromatic rings. The first-order valence-corrected chi connectivity index (χ1v) is 8.40. The second-order valence-electron chi connectivity index (χ2n) is 5.98. The topological polar surface area (TPSA) is 57.6 Å². The highest BCUT2D eigenvalue weighted by Crippen LogP contribution is 2.28. The molecule has 2 atom stereocenters. The molecule has 1 saturated heterocycles. The Morgan fingerprint density at radius 1 is 1.36 bits per heavy atom. The number of hydrogen-bond acceptors (Lipinski definition) is 3. The molecule has 116 valence electrons. The molecular weight excluding hydrogens is 298 g/mol. The SMILES string of the molecule is CC1CN(C(=O)Cc2csc3ccccc23)CCC1C(=O)O. The highest BCUT2D eigenvalue weighted by molar-refractivity contribution is 7.17. The molecule has 0 bridgehead atoms. The van der Waals surface area contributed by atoms with Gasteiger partial charge in [-0.1, -0.05) is 25.1 Å². The number of benzene rings is 1. The van der Waals surface area contributed by atoms with Gasteiger partial charge in [-0.15, -0.1) is 11.3 Å². The maximum absolute atomic E-state index is 12.5. The zero-order valence-corrected chi connectivity index (χ0v) is 13.3. The van der Waals surface area contributed by atoms with E-state index >= 15 is 0 Å². The smallest absolute Gasteiger partial charge is 0.306 e. The van der Waals surface area contributed by atoms with Gasteiger partial charge in [0.25, 0.3) is 0 Å². The lowest BCUT2D eigenvalue weighted by Crippen LogP contribution is -2.45. The number of fused-ring (bicyclic) bond motifs is 1. The Balaban J connectivity index is 1.69. The predicted molar refractivity (Wildman–Crippen MR) is 87.0 cm³/mol. The minimum atomic E-state index is -0.747. The molecule has 4 nitrogen and oxygen atoms in total. The zero-order chi connectivity index (χ0) is 15.7. The van der Waals surface area contributed by atoms with E-state index in [2.05, 4.69) is 11.4 Å². The van der Waals surface area contributed by atoms with E-state index in [0.29, 0.717) is 25.9 Å². The van der Waals surface area contributed by atoms with Crippen molar-refractivity contribution in [2.24, 2.45) is 11.8 Å². The summed E-state index contributed by atoms with van der Waals surface area (Å²) >= 11 is 1.66. The van der Waals surface area contributed by atoms with Crippen LogP contribution in [-0.4, -0.2) is 35.0 Å². The molecule has 0 aliphatic carbocycles. The lowest BCUT2D eigenvalue weighted by molar-refractivity contribution is -0.148. The molecule has 2 unspecified atom stereocenters. The number of hydrogen-bond donors (Lipinski definition) is 1. The van der Waals surface area contributed by atoms with Gasteiger partial charge in [0, 0.05) is 17.8 Å². The number of carboxylic acid groups (broad SMARTS) is 1. The molecule has 1 N–H and O–H groups in total. The molecule has 1 aromatic carbocycles. The van der Waals surface area contributed by atoms with Crippen LogP contribution in [-0.2, 0) is 16.0 Å². The molecule has 2 heterocycles. The fourth-order valence-electron chi connectivity index (χ4n) is 3.18. The summed E-state index contributed by atoms with van der Waals surface area (Å²) < 4.78 is 1.20. The van der Waals surface area contributed by atoms with Gasteiger partial charge >= 0.3 is 5.97 Å². The number of piperidine rings is 1. The van der Waals surface area contributed by atoms with Gasteiger partial charge in [-0.2, -0.15) is 0 Å². The van der Waals surface area contributed by atoms with Crippen molar-refractivity contribution in [2.75, 3.05) is 13.1 Å². The molecule has 1 aliphatic heterocycles. The number of rotatable bonds is 3. The largest absolute Gasteiger partial charge is 0.481 e. The van der Waals surface area contributed by atoms with E-state index in [1.807, 2.05) is 30.0 Å². The first kappa shape index (κ1) is 15.0. The minimum Gasteiger partial charge on any atom is -0.481 e. The van der Waals surface area contributed by atoms with Gasteiger partial charge < -0.3 is 10.0 Å². The quantitative estimate of drug-likeness (QED) is 0.946. The van der Waals surface area contributed by atoms with Crippen molar-refractivity contribution in [1.29, 1.82) is 0 Å². The Bertz CT molecular complexity index is 709. The normalized spacial score (nSPS) is 22.0. The van der Waals surface area contributed by atoms with E-state index in [9.17, 15) is 9.59 Å². The Morgan fingerprint density at radius 2 is 2.14 bits per heavy atom. The van der Waals surface area contributed by atoms with Gasteiger partial charge in [-0.25, -0.2) is 0 Å². The summed E-state index contributed by atoms with van der Waals surface area (Å²) in [5.41, 5.74) is 1.07. The summed E-state index contributed by atoms with van der Waals surface area (Å²) in [6.45, 7) is 3.00. The summed E-state index contributed by atoms with van der Waals surface area (Å²) in [5, 5.41) is 12.4. The Labute approximate surface area is 133 Å². The number of thiophene rings is 1. The van der Waals surface area contributed by atoms with Gasteiger partial charge in [0.2, 0.25) is 5.91 Å². The summed E-state index contributed by atoms with van der Waals surface area (Å²) in [7, 11) is 0. The first-order valence-electron chi connectivity index (χ1n) is 7.52. The second kappa shape index (κ2) is 6.08. The van der Waals surface area contributed by atoms with Gasteiger partial charge in [0.1, 0.15) is 0 Å². The average molecular weight is 317 g/mol. The number of carboxylic acids is 1. The van der Waals surface area contributed by atoms with E-state index in [0.717, 1.165) is 10.9 Å². The summed E-state index contributed by atoms with van der Waals surface area (Å²) in [4.78, 5) is 25.5. The van der Waals surface area contributed by atoms with Crippen molar-refractivity contribution in [3.05, 3.63) is 35.2 Å². The van der Waals surface area contributed by atoms with Crippen LogP contribution < -0.4 is 0 Å². The van der Waals surface area contributed by atoms with Crippen molar-refractivity contribution >= 4 is 33.3 Å². The van der Waals surface area contributed by atoms with Crippen LogP contribution in [0.3, 0.4) is 0 Å². The third kappa shape index (κ3) is 2.86. The predicted octanol–water partition coefficient (Wildman–Crippen LogP) is 3.01. The van der Waals surface area contributed by atoms with Crippen LogP contribution in [0.4, 0.5) is 0 Å². The Morgan fingerprint density at radius 3 is 2.86 bits per heavy atom. The highest BCUT2D eigenvalue weighted by atomic mass is 32.1. The van der Waals surface area contributed by atoms with Crippen LogP contribution in [0.1, 0.15) is 18.9 Å².